The summed E-state index contributed by atoms with van der Waals surface area (Å²) in [6.07, 6.45) is 6.54. The molecule has 0 unspecified atom stereocenters. The van der Waals surface area contributed by atoms with Gasteiger partial charge in [-0.25, -0.2) is 0 Å². The van der Waals surface area contributed by atoms with E-state index in [4.69, 9.17) is 4.74 Å². The van der Waals surface area contributed by atoms with Gasteiger partial charge in [0, 0.05) is 20.7 Å². The third-order valence-electron chi connectivity index (χ3n) is 2.98. The monoisotopic (exact) mass is 308 g/mol. The zero-order chi connectivity index (χ0) is 11.7. The minimum absolute atomic E-state index is 0.687. The van der Waals surface area contributed by atoms with Crippen LogP contribution in [0.25, 0.3) is 0 Å². The number of ether oxygens (including phenoxy) is 1. The largest absolute Gasteiger partial charge is 0.488 e. The number of hydrogen-bond acceptors (Lipinski definition) is 2. The fourth-order valence-corrected chi connectivity index (χ4v) is 3.51. The molecule has 0 fully saturated rings. The second-order valence-electron chi connectivity index (χ2n) is 4.19. The van der Waals surface area contributed by atoms with Crippen LogP contribution in [0.4, 0.5) is 0 Å². The molecule has 2 aliphatic rings. The number of benzene rings is 1. The van der Waals surface area contributed by atoms with E-state index < -0.39 is 0 Å². The minimum atomic E-state index is 0.687. The van der Waals surface area contributed by atoms with Crippen LogP contribution in [-0.2, 0) is 16.7 Å². The van der Waals surface area contributed by atoms with Gasteiger partial charge in [-0.2, -0.15) is 0 Å². The standard InChI is InChI=1S/C14H13BrOS/c15-8-10-5-6-13-11(7-10)9-16-12-3-1-2-4-14(12)17-13/h1,3,5-7H,2,4,8-9H2. The Morgan fingerprint density at radius 2 is 2.29 bits per heavy atom. The molecule has 1 aromatic carbocycles. The lowest BCUT2D eigenvalue weighted by molar-refractivity contribution is 0.207. The number of fused-ring (bicyclic) bond motifs is 1. The first-order valence-corrected chi connectivity index (χ1v) is 7.69. The van der Waals surface area contributed by atoms with Gasteiger partial charge in [-0.3, -0.25) is 0 Å². The Kier molecular flexibility index (Phi) is 3.30. The van der Waals surface area contributed by atoms with Crippen LogP contribution in [0.5, 0.6) is 0 Å². The maximum absolute atomic E-state index is 5.89. The van der Waals surface area contributed by atoms with Crippen molar-refractivity contribution in [3.8, 4) is 0 Å². The Morgan fingerprint density at radius 1 is 1.35 bits per heavy atom. The SMILES string of the molecule is BrCc1ccc2c(c1)COC1=C(CCC=C1)S2. The molecule has 88 valence electrons. The van der Waals surface area contributed by atoms with Crippen molar-refractivity contribution in [1.82, 2.24) is 0 Å². The highest BCUT2D eigenvalue weighted by atomic mass is 79.9. The molecule has 1 aliphatic carbocycles. The van der Waals surface area contributed by atoms with Gasteiger partial charge < -0.3 is 4.74 Å². The first-order valence-electron chi connectivity index (χ1n) is 5.75. The molecule has 0 N–H and O–H groups in total. The van der Waals surface area contributed by atoms with Crippen molar-refractivity contribution in [2.45, 2.75) is 29.7 Å². The maximum atomic E-state index is 5.89. The fraction of sp³-hybridized carbons (Fsp3) is 0.286. The second-order valence-corrected chi connectivity index (χ2v) is 5.89. The molecule has 0 amide bonds. The molecule has 0 saturated carbocycles. The lowest BCUT2D eigenvalue weighted by atomic mass is 10.1. The van der Waals surface area contributed by atoms with Crippen molar-refractivity contribution < 1.29 is 4.74 Å². The van der Waals surface area contributed by atoms with Crippen molar-refractivity contribution in [2.75, 3.05) is 0 Å². The summed E-state index contributed by atoms with van der Waals surface area (Å²) in [4.78, 5) is 2.72. The molecule has 1 heterocycles. The van der Waals surface area contributed by atoms with Gasteiger partial charge in [0.2, 0.25) is 0 Å². The number of allylic oxidation sites excluding steroid dienone is 3. The number of rotatable bonds is 1. The summed E-state index contributed by atoms with van der Waals surface area (Å²) in [6, 6.07) is 6.64. The Labute approximate surface area is 114 Å². The molecule has 0 atom stereocenters. The van der Waals surface area contributed by atoms with Crippen LogP contribution in [0, 0.1) is 0 Å². The minimum Gasteiger partial charge on any atom is -0.488 e. The van der Waals surface area contributed by atoms with Gasteiger partial charge in [-0.15, -0.1) is 0 Å². The zero-order valence-electron chi connectivity index (χ0n) is 9.41. The van der Waals surface area contributed by atoms with E-state index in [1.807, 2.05) is 11.8 Å². The summed E-state index contributed by atoms with van der Waals surface area (Å²) >= 11 is 5.37. The number of alkyl halides is 1. The van der Waals surface area contributed by atoms with E-state index in [0.717, 1.165) is 23.9 Å². The second kappa shape index (κ2) is 4.91. The van der Waals surface area contributed by atoms with Crippen LogP contribution in [-0.4, -0.2) is 0 Å². The summed E-state index contributed by atoms with van der Waals surface area (Å²) in [5.41, 5.74) is 2.61. The smallest absolute Gasteiger partial charge is 0.129 e. The topological polar surface area (TPSA) is 9.23 Å². The highest BCUT2D eigenvalue weighted by Crippen LogP contribution is 2.40. The third-order valence-corrected chi connectivity index (χ3v) is 4.90. The number of halogens is 1. The van der Waals surface area contributed by atoms with Gasteiger partial charge in [0.05, 0.1) is 0 Å². The number of thioether (sulfide) groups is 1. The lowest BCUT2D eigenvalue weighted by Gasteiger charge is -2.11. The lowest BCUT2D eigenvalue weighted by Crippen LogP contribution is -1.95. The predicted molar refractivity (Wildman–Crippen MR) is 75.1 cm³/mol. The van der Waals surface area contributed by atoms with Gasteiger partial charge in [0.25, 0.3) is 0 Å². The average molecular weight is 309 g/mol. The molecule has 0 bridgehead atoms. The molecule has 1 aliphatic heterocycles. The molecule has 0 radical (unpaired) electrons. The van der Waals surface area contributed by atoms with Gasteiger partial charge in [-0.05, 0) is 30.5 Å². The Balaban J connectivity index is 1.96. The summed E-state index contributed by atoms with van der Waals surface area (Å²) in [6.45, 7) is 0.687. The normalized spacial score (nSPS) is 18.2. The van der Waals surface area contributed by atoms with Crippen LogP contribution in [0.2, 0.25) is 0 Å². The van der Waals surface area contributed by atoms with E-state index in [9.17, 15) is 0 Å². The molecule has 1 aromatic rings. The van der Waals surface area contributed by atoms with Crippen molar-refractivity contribution >= 4 is 27.7 Å². The summed E-state index contributed by atoms with van der Waals surface area (Å²) < 4.78 is 5.89. The Morgan fingerprint density at radius 3 is 3.18 bits per heavy atom. The molecule has 3 rings (SSSR count). The van der Waals surface area contributed by atoms with Crippen molar-refractivity contribution in [3.63, 3.8) is 0 Å². The molecule has 1 nitrogen and oxygen atoms in total. The third kappa shape index (κ3) is 2.31. The molecule has 0 aromatic heterocycles. The van der Waals surface area contributed by atoms with Gasteiger partial charge in [-0.1, -0.05) is 45.9 Å². The van der Waals surface area contributed by atoms with Crippen molar-refractivity contribution in [2.24, 2.45) is 0 Å². The van der Waals surface area contributed by atoms with E-state index in [1.54, 1.807) is 0 Å². The van der Waals surface area contributed by atoms with E-state index >= 15 is 0 Å². The van der Waals surface area contributed by atoms with Gasteiger partial charge in [0.1, 0.15) is 12.4 Å². The van der Waals surface area contributed by atoms with Crippen LogP contribution in [0.15, 0.2) is 45.9 Å². The molecule has 0 saturated heterocycles. The van der Waals surface area contributed by atoms with Crippen LogP contribution in [0.3, 0.4) is 0 Å². The van der Waals surface area contributed by atoms with E-state index in [1.165, 1.54) is 20.9 Å². The zero-order valence-corrected chi connectivity index (χ0v) is 11.8. The van der Waals surface area contributed by atoms with Crippen LogP contribution >= 0.6 is 27.7 Å². The summed E-state index contributed by atoms with van der Waals surface area (Å²) in [5.74, 6) is 1.07. The van der Waals surface area contributed by atoms with Crippen LogP contribution in [0.1, 0.15) is 24.0 Å². The molecular formula is C14H13BrOS. The molecule has 3 heteroatoms. The predicted octanol–water partition coefficient (Wildman–Crippen LogP) is 4.77. The Bertz CT molecular complexity index is 505. The van der Waals surface area contributed by atoms with E-state index in [-0.39, 0.29) is 0 Å². The van der Waals surface area contributed by atoms with Crippen molar-refractivity contribution in [3.05, 3.63) is 52.1 Å². The highest BCUT2D eigenvalue weighted by Gasteiger charge is 2.18. The van der Waals surface area contributed by atoms with E-state index in [0.29, 0.717) is 6.61 Å². The Hall–Kier alpha value is -0.670. The number of hydrogen-bond donors (Lipinski definition) is 0. The molecule has 17 heavy (non-hydrogen) atoms. The summed E-state index contributed by atoms with van der Waals surface area (Å²) in [7, 11) is 0. The average Bonchev–Trinajstić information content (AvgIpc) is 2.57. The maximum Gasteiger partial charge on any atom is 0.129 e. The van der Waals surface area contributed by atoms with Crippen molar-refractivity contribution in [1.29, 1.82) is 0 Å². The van der Waals surface area contributed by atoms with E-state index in [2.05, 4.69) is 46.3 Å². The highest BCUT2D eigenvalue weighted by molar-refractivity contribution is 9.08. The molecule has 0 spiro atoms. The van der Waals surface area contributed by atoms with Gasteiger partial charge >= 0.3 is 0 Å². The quantitative estimate of drug-likeness (QED) is 0.691. The molecular weight excluding hydrogens is 296 g/mol. The van der Waals surface area contributed by atoms with Crippen LogP contribution < -0.4 is 0 Å². The van der Waals surface area contributed by atoms with Gasteiger partial charge in [0.15, 0.2) is 0 Å². The summed E-state index contributed by atoms with van der Waals surface area (Å²) in [5, 5.41) is 0.901. The fourth-order valence-electron chi connectivity index (χ4n) is 2.07. The first-order chi connectivity index (χ1) is 8.36. The first kappa shape index (κ1) is 11.4.